The van der Waals surface area contributed by atoms with Gasteiger partial charge in [-0.05, 0) is 30.5 Å². The number of ketones is 1. The number of carbonyl (C=O) groups excluding carboxylic acids is 1. The monoisotopic (exact) mass is 244 g/mol. The number of fused-ring (bicyclic) bond motifs is 1. The Morgan fingerprint density at radius 3 is 3.00 bits per heavy atom. The van der Waals surface area contributed by atoms with E-state index >= 15 is 0 Å². The molecule has 0 saturated carbocycles. The third kappa shape index (κ3) is 1.87. The summed E-state index contributed by atoms with van der Waals surface area (Å²) >= 11 is 1.63. The highest BCUT2D eigenvalue weighted by atomic mass is 32.1. The molecule has 0 fully saturated rings. The van der Waals surface area contributed by atoms with E-state index in [0.29, 0.717) is 12.2 Å². The van der Waals surface area contributed by atoms with Gasteiger partial charge in [0.05, 0.1) is 12.0 Å². The first-order valence-corrected chi connectivity index (χ1v) is 6.46. The molecule has 2 heterocycles. The van der Waals surface area contributed by atoms with Crippen molar-refractivity contribution in [1.82, 2.24) is 0 Å². The molecule has 3 heteroatoms. The van der Waals surface area contributed by atoms with Crippen molar-refractivity contribution in [2.45, 2.75) is 19.4 Å². The average molecular weight is 244 g/mol. The van der Waals surface area contributed by atoms with E-state index in [1.165, 1.54) is 0 Å². The minimum Gasteiger partial charge on any atom is -0.484 e. The summed E-state index contributed by atoms with van der Waals surface area (Å²) in [6.45, 7) is 1.99. The molecule has 1 atom stereocenters. The van der Waals surface area contributed by atoms with Gasteiger partial charge in [-0.3, -0.25) is 4.79 Å². The fourth-order valence-electron chi connectivity index (χ4n) is 2.07. The second-order valence-electron chi connectivity index (χ2n) is 4.25. The topological polar surface area (TPSA) is 26.3 Å². The quantitative estimate of drug-likeness (QED) is 0.763. The van der Waals surface area contributed by atoms with E-state index in [9.17, 15) is 4.79 Å². The molecule has 1 aromatic heterocycles. The Kier molecular flexibility index (Phi) is 2.48. The minimum absolute atomic E-state index is 0.113. The number of rotatable bonds is 1. The molecular formula is C14H12O2S. The van der Waals surface area contributed by atoms with Crippen molar-refractivity contribution in [2.75, 3.05) is 0 Å². The van der Waals surface area contributed by atoms with Gasteiger partial charge in [0.15, 0.2) is 5.78 Å². The lowest BCUT2D eigenvalue weighted by Gasteiger charge is -2.24. The Morgan fingerprint density at radius 2 is 2.24 bits per heavy atom. The molecule has 0 spiro atoms. The lowest BCUT2D eigenvalue weighted by atomic mass is 9.98. The largest absolute Gasteiger partial charge is 0.484 e. The molecule has 1 aliphatic heterocycles. The van der Waals surface area contributed by atoms with Gasteiger partial charge in [0.1, 0.15) is 11.9 Å². The van der Waals surface area contributed by atoms with Crippen LogP contribution in [0.4, 0.5) is 0 Å². The van der Waals surface area contributed by atoms with E-state index in [1.54, 1.807) is 11.3 Å². The Hall–Kier alpha value is -1.61. The summed E-state index contributed by atoms with van der Waals surface area (Å²) in [6, 6.07) is 9.77. The summed E-state index contributed by atoms with van der Waals surface area (Å²) in [5.41, 5.74) is 1.81. The molecule has 0 N–H and O–H groups in total. The number of hydrogen-bond acceptors (Lipinski definition) is 3. The van der Waals surface area contributed by atoms with Gasteiger partial charge >= 0.3 is 0 Å². The van der Waals surface area contributed by atoms with Crippen LogP contribution < -0.4 is 4.74 Å². The average Bonchev–Trinajstić information content (AvgIpc) is 2.83. The highest BCUT2D eigenvalue weighted by molar-refractivity contribution is 7.10. The van der Waals surface area contributed by atoms with Crippen molar-refractivity contribution in [2.24, 2.45) is 0 Å². The molecule has 0 aliphatic carbocycles. The number of ether oxygens (including phenoxy) is 1. The van der Waals surface area contributed by atoms with Crippen LogP contribution in [-0.2, 0) is 0 Å². The zero-order valence-corrected chi connectivity index (χ0v) is 10.3. The van der Waals surface area contributed by atoms with E-state index in [2.05, 4.69) is 0 Å². The van der Waals surface area contributed by atoms with Gasteiger partial charge in [-0.1, -0.05) is 17.7 Å². The predicted molar refractivity (Wildman–Crippen MR) is 67.8 cm³/mol. The van der Waals surface area contributed by atoms with Crippen LogP contribution in [0.5, 0.6) is 5.75 Å². The van der Waals surface area contributed by atoms with Crippen molar-refractivity contribution < 1.29 is 9.53 Å². The summed E-state index contributed by atoms with van der Waals surface area (Å²) < 4.78 is 5.89. The van der Waals surface area contributed by atoms with Gasteiger partial charge in [-0.2, -0.15) is 0 Å². The van der Waals surface area contributed by atoms with E-state index < -0.39 is 0 Å². The van der Waals surface area contributed by atoms with Crippen LogP contribution in [0.25, 0.3) is 0 Å². The van der Waals surface area contributed by atoms with E-state index in [0.717, 1.165) is 16.0 Å². The molecule has 3 rings (SSSR count). The predicted octanol–water partition coefficient (Wildman–Crippen LogP) is 3.76. The number of Topliss-reactive ketones (excluding diaryl/α,β-unsaturated/α-hetero) is 1. The van der Waals surface area contributed by atoms with Gasteiger partial charge in [-0.25, -0.2) is 0 Å². The molecule has 1 aliphatic rings. The fourth-order valence-corrected chi connectivity index (χ4v) is 2.83. The van der Waals surface area contributed by atoms with Crippen LogP contribution in [0.2, 0.25) is 0 Å². The molecule has 0 amide bonds. The Morgan fingerprint density at radius 1 is 1.35 bits per heavy atom. The molecule has 2 aromatic rings. The summed E-state index contributed by atoms with van der Waals surface area (Å²) in [5.74, 6) is 0.888. The van der Waals surface area contributed by atoms with E-state index in [4.69, 9.17) is 4.74 Å². The third-order valence-corrected chi connectivity index (χ3v) is 3.90. The number of benzene rings is 1. The van der Waals surface area contributed by atoms with Gasteiger partial charge in [-0.15, -0.1) is 11.3 Å². The van der Waals surface area contributed by atoms with Crippen LogP contribution >= 0.6 is 11.3 Å². The Balaban J connectivity index is 1.99. The lowest BCUT2D eigenvalue weighted by Crippen LogP contribution is -2.19. The van der Waals surface area contributed by atoms with Crippen LogP contribution in [0.1, 0.15) is 33.3 Å². The maximum atomic E-state index is 12.1. The van der Waals surface area contributed by atoms with Crippen LogP contribution in [0, 0.1) is 6.92 Å². The molecule has 17 heavy (non-hydrogen) atoms. The van der Waals surface area contributed by atoms with Gasteiger partial charge < -0.3 is 4.74 Å². The molecule has 2 nitrogen and oxygen atoms in total. The van der Waals surface area contributed by atoms with Gasteiger partial charge in [0.25, 0.3) is 0 Å². The minimum atomic E-state index is -0.113. The highest BCUT2D eigenvalue weighted by Crippen LogP contribution is 2.36. The Bertz CT molecular complexity index is 558. The van der Waals surface area contributed by atoms with Gasteiger partial charge in [0.2, 0.25) is 0 Å². The van der Waals surface area contributed by atoms with E-state index in [1.807, 2.05) is 42.6 Å². The Labute approximate surface area is 104 Å². The molecule has 0 bridgehead atoms. The van der Waals surface area contributed by atoms with Crippen molar-refractivity contribution in [3.63, 3.8) is 0 Å². The standard InChI is InChI=1S/C14H12O2S/c1-9-4-5-12-10(7-9)11(15)8-13(16-12)14-3-2-6-17-14/h2-7,13H,8H2,1H3. The molecule has 86 valence electrons. The number of aryl methyl sites for hydroxylation is 1. The normalized spacial score (nSPS) is 18.6. The first-order valence-electron chi connectivity index (χ1n) is 5.58. The summed E-state index contributed by atoms with van der Waals surface area (Å²) in [4.78, 5) is 13.2. The zero-order chi connectivity index (χ0) is 11.8. The van der Waals surface area contributed by atoms with Crippen LogP contribution in [0.3, 0.4) is 0 Å². The third-order valence-electron chi connectivity index (χ3n) is 2.94. The maximum absolute atomic E-state index is 12.1. The molecule has 1 unspecified atom stereocenters. The maximum Gasteiger partial charge on any atom is 0.170 e. The number of thiophene rings is 1. The molecular weight excluding hydrogens is 232 g/mol. The van der Waals surface area contributed by atoms with Crippen molar-refractivity contribution in [3.8, 4) is 5.75 Å². The lowest BCUT2D eigenvalue weighted by molar-refractivity contribution is 0.0854. The zero-order valence-electron chi connectivity index (χ0n) is 9.47. The fraction of sp³-hybridized carbons (Fsp3) is 0.214. The van der Waals surface area contributed by atoms with Crippen LogP contribution in [-0.4, -0.2) is 5.78 Å². The van der Waals surface area contributed by atoms with Crippen molar-refractivity contribution in [3.05, 3.63) is 51.7 Å². The highest BCUT2D eigenvalue weighted by Gasteiger charge is 2.27. The molecule has 0 radical (unpaired) electrons. The summed E-state index contributed by atoms with van der Waals surface area (Å²) in [6.07, 6.45) is 0.328. The molecule has 1 aromatic carbocycles. The summed E-state index contributed by atoms with van der Waals surface area (Å²) in [5, 5.41) is 2.01. The number of carbonyl (C=O) groups is 1. The first kappa shape index (κ1) is 10.5. The van der Waals surface area contributed by atoms with Gasteiger partial charge in [0, 0.05) is 4.88 Å². The second kappa shape index (κ2) is 4.00. The molecule has 0 saturated heterocycles. The van der Waals surface area contributed by atoms with Crippen molar-refractivity contribution >= 4 is 17.1 Å². The SMILES string of the molecule is Cc1ccc2c(c1)C(=O)CC(c1cccs1)O2. The summed E-state index contributed by atoms with van der Waals surface area (Å²) in [7, 11) is 0. The smallest absolute Gasteiger partial charge is 0.170 e. The second-order valence-corrected chi connectivity index (χ2v) is 5.23. The number of hydrogen-bond donors (Lipinski definition) is 0. The van der Waals surface area contributed by atoms with Crippen molar-refractivity contribution in [1.29, 1.82) is 0 Å². The van der Waals surface area contributed by atoms with Crippen LogP contribution in [0.15, 0.2) is 35.7 Å². The first-order chi connectivity index (χ1) is 8.24. The van der Waals surface area contributed by atoms with E-state index in [-0.39, 0.29) is 11.9 Å².